The Balaban J connectivity index is 1.43. The number of benzene rings is 3. The molecule has 0 aliphatic heterocycles. The Bertz CT molecular complexity index is 1360. The van der Waals surface area contributed by atoms with Gasteiger partial charge in [0.2, 0.25) is 10.0 Å². The molecule has 0 aliphatic carbocycles. The number of carbonyl (C=O) groups excluding carboxylic acids is 1. The van der Waals surface area contributed by atoms with Gasteiger partial charge in [-0.1, -0.05) is 33.6 Å². The Hall–Kier alpha value is -2.93. The topological polar surface area (TPSA) is 131 Å². The number of hydrogen-bond donors (Lipinski definition) is 3. The zero-order valence-corrected chi connectivity index (χ0v) is 21.9. The van der Waals surface area contributed by atoms with Crippen molar-refractivity contribution in [2.45, 2.75) is 16.7 Å². The molecule has 0 aliphatic rings. The third-order valence-corrected chi connectivity index (χ3v) is 8.07. The first-order valence-corrected chi connectivity index (χ1v) is 14.2. The molecule has 9 nitrogen and oxygen atoms in total. The van der Waals surface area contributed by atoms with Crippen LogP contribution >= 0.6 is 15.9 Å². The molecule has 3 rings (SSSR count). The summed E-state index contributed by atoms with van der Waals surface area (Å²) in [4.78, 5) is 12.2. The minimum atomic E-state index is -3.78. The van der Waals surface area contributed by atoms with Crippen LogP contribution in [0.3, 0.4) is 0 Å². The number of amides is 1. The summed E-state index contributed by atoms with van der Waals surface area (Å²) in [6.45, 7) is 1.64. The largest absolute Gasteiger partial charge is 0.484 e. The Morgan fingerprint density at radius 3 is 2.00 bits per heavy atom. The molecule has 0 saturated carbocycles. The van der Waals surface area contributed by atoms with E-state index in [1.165, 1.54) is 36.4 Å². The van der Waals surface area contributed by atoms with Crippen molar-refractivity contribution < 1.29 is 26.4 Å². The van der Waals surface area contributed by atoms with E-state index in [9.17, 15) is 21.6 Å². The number of nitrogens with one attached hydrogen (secondary N) is 3. The van der Waals surface area contributed by atoms with E-state index in [0.717, 1.165) is 10.0 Å². The Morgan fingerprint density at radius 2 is 1.37 bits per heavy atom. The van der Waals surface area contributed by atoms with Crippen LogP contribution in [0.2, 0.25) is 0 Å². The van der Waals surface area contributed by atoms with Crippen LogP contribution in [0.1, 0.15) is 5.56 Å². The van der Waals surface area contributed by atoms with Crippen molar-refractivity contribution in [2.24, 2.45) is 0 Å². The number of rotatable bonds is 11. The monoisotopic (exact) mass is 581 g/mol. The van der Waals surface area contributed by atoms with Gasteiger partial charge >= 0.3 is 0 Å². The van der Waals surface area contributed by atoms with E-state index in [-0.39, 0.29) is 29.5 Å². The maximum atomic E-state index is 12.5. The fourth-order valence-electron chi connectivity index (χ4n) is 2.84. The zero-order valence-electron chi connectivity index (χ0n) is 18.7. The first-order valence-electron chi connectivity index (χ1n) is 10.4. The maximum absolute atomic E-state index is 12.5. The van der Waals surface area contributed by atoms with Gasteiger partial charge in [0.15, 0.2) is 6.61 Å². The van der Waals surface area contributed by atoms with Crippen LogP contribution in [0, 0.1) is 6.92 Å². The molecule has 0 bridgehead atoms. The predicted octanol–water partition coefficient (Wildman–Crippen LogP) is 3.03. The normalized spacial score (nSPS) is 11.6. The smallest absolute Gasteiger partial charge is 0.261 e. The summed E-state index contributed by atoms with van der Waals surface area (Å²) in [7, 11) is -7.44. The lowest BCUT2D eigenvalue weighted by molar-refractivity contribution is -0.123. The number of aryl methyl sites for hydroxylation is 1. The van der Waals surface area contributed by atoms with Crippen molar-refractivity contribution >= 4 is 47.6 Å². The highest BCUT2D eigenvalue weighted by Gasteiger charge is 2.15. The summed E-state index contributed by atoms with van der Waals surface area (Å²) in [5.41, 5.74) is 1.37. The molecule has 0 radical (unpaired) electrons. The van der Waals surface area contributed by atoms with Gasteiger partial charge in [-0.25, -0.2) is 21.6 Å². The second-order valence-electron chi connectivity index (χ2n) is 7.43. The van der Waals surface area contributed by atoms with Gasteiger partial charge in [0, 0.05) is 23.2 Å². The number of ether oxygens (including phenoxy) is 1. The molecule has 0 spiro atoms. The summed E-state index contributed by atoms with van der Waals surface area (Å²) in [6.07, 6.45) is 0. The molecule has 35 heavy (non-hydrogen) atoms. The molecule has 186 valence electrons. The van der Waals surface area contributed by atoms with E-state index in [1.54, 1.807) is 36.4 Å². The number of sulfonamides is 2. The SMILES string of the molecule is Cc1ccc(S(=O)(=O)NCCNC(=O)COc2ccc(S(=O)(=O)Nc3ccc(Br)cc3)cc2)cc1. The van der Waals surface area contributed by atoms with Crippen molar-refractivity contribution in [1.29, 1.82) is 0 Å². The van der Waals surface area contributed by atoms with E-state index in [2.05, 4.69) is 30.7 Å². The van der Waals surface area contributed by atoms with Crippen LogP contribution in [0.25, 0.3) is 0 Å². The summed E-state index contributed by atoms with van der Waals surface area (Å²) in [5, 5.41) is 2.55. The Labute approximate surface area is 213 Å². The number of anilines is 1. The molecular formula is C23H24BrN3O6S2. The van der Waals surface area contributed by atoms with Crippen LogP contribution in [-0.2, 0) is 24.8 Å². The van der Waals surface area contributed by atoms with Crippen molar-refractivity contribution in [2.75, 3.05) is 24.4 Å². The van der Waals surface area contributed by atoms with Gasteiger partial charge in [-0.3, -0.25) is 9.52 Å². The summed E-state index contributed by atoms with van der Waals surface area (Å²) in [5.74, 6) is -0.143. The van der Waals surface area contributed by atoms with Gasteiger partial charge in [-0.15, -0.1) is 0 Å². The first-order chi connectivity index (χ1) is 16.5. The van der Waals surface area contributed by atoms with E-state index >= 15 is 0 Å². The van der Waals surface area contributed by atoms with Crippen LogP contribution in [0.4, 0.5) is 5.69 Å². The average molecular weight is 582 g/mol. The minimum absolute atomic E-state index is 0.0138. The van der Waals surface area contributed by atoms with Crippen LogP contribution in [-0.4, -0.2) is 42.4 Å². The van der Waals surface area contributed by atoms with Gasteiger partial charge in [-0.05, 0) is 67.6 Å². The van der Waals surface area contributed by atoms with Crippen molar-refractivity contribution in [3.63, 3.8) is 0 Å². The summed E-state index contributed by atoms with van der Waals surface area (Å²) in [6, 6.07) is 18.8. The molecule has 0 heterocycles. The summed E-state index contributed by atoms with van der Waals surface area (Å²) < 4.78 is 60.5. The standard InChI is InChI=1S/C23H24BrN3O6S2/c1-17-2-10-21(11-3-17)34(29,30)26-15-14-25-23(28)16-33-20-8-12-22(13-9-20)35(31,32)27-19-6-4-18(24)5-7-19/h2-13,26-27H,14-16H2,1H3,(H,25,28). The van der Waals surface area contributed by atoms with Crippen LogP contribution in [0.5, 0.6) is 5.75 Å². The van der Waals surface area contributed by atoms with Crippen molar-refractivity contribution in [1.82, 2.24) is 10.0 Å². The zero-order chi connectivity index (χ0) is 25.5. The average Bonchev–Trinajstić information content (AvgIpc) is 2.82. The first kappa shape index (κ1) is 26.7. The molecule has 12 heteroatoms. The highest BCUT2D eigenvalue weighted by atomic mass is 79.9. The number of hydrogen-bond acceptors (Lipinski definition) is 6. The quantitative estimate of drug-likeness (QED) is 0.298. The molecule has 0 saturated heterocycles. The van der Waals surface area contributed by atoms with E-state index in [0.29, 0.717) is 11.4 Å². The molecule has 0 unspecified atom stereocenters. The van der Waals surface area contributed by atoms with Gasteiger partial charge in [0.1, 0.15) is 5.75 Å². The van der Waals surface area contributed by atoms with Crippen LogP contribution in [0.15, 0.2) is 87.1 Å². The Kier molecular flexibility index (Phi) is 8.89. The minimum Gasteiger partial charge on any atom is -0.484 e. The highest BCUT2D eigenvalue weighted by Crippen LogP contribution is 2.20. The van der Waals surface area contributed by atoms with E-state index in [4.69, 9.17) is 4.74 Å². The maximum Gasteiger partial charge on any atom is 0.261 e. The Morgan fingerprint density at radius 1 is 0.800 bits per heavy atom. The second-order valence-corrected chi connectivity index (χ2v) is 11.8. The molecule has 3 N–H and O–H groups in total. The number of halogens is 1. The van der Waals surface area contributed by atoms with Crippen LogP contribution < -0.4 is 19.5 Å². The molecule has 1 amide bonds. The molecule has 0 aromatic heterocycles. The molecule has 0 fully saturated rings. The third kappa shape index (κ3) is 8.06. The van der Waals surface area contributed by atoms with Gasteiger partial charge in [0.25, 0.3) is 15.9 Å². The van der Waals surface area contributed by atoms with Gasteiger partial charge in [0.05, 0.1) is 9.79 Å². The van der Waals surface area contributed by atoms with E-state index in [1.807, 2.05) is 6.92 Å². The third-order valence-electron chi connectivity index (χ3n) is 4.67. The second kappa shape index (κ2) is 11.7. The predicted molar refractivity (Wildman–Crippen MR) is 136 cm³/mol. The fourth-order valence-corrected chi connectivity index (χ4v) is 5.19. The fraction of sp³-hybridized carbons (Fsp3) is 0.174. The lowest BCUT2D eigenvalue weighted by Crippen LogP contribution is -2.36. The van der Waals surface area contributed by atoms with Gasteiger partial charge in [-0.2, -0.15) is 0 Å². The van der Waals surface area contributed by atoms with E-state index < -0.39 is 26.0 Å². The molecule has 0 atom stereocenters. The van der Waals surface area contributed by atoms with Gasteiger partial charge < -0.3 is 10.1 Å². The molecule has 3 aromatic carbocycles. The highest BCUT2D eigenvalue weighted by molar-refractivity contribution is 9.10. The van der Waals surface area contributed by atoms with Crippen molar-refractivity contribution in [3.8, 4) is 5.75 Å². The molecule has 3 aromatic rings. The molecular weight excluding hydrogens is 558 g/mol. The van der Waals surface area contributed by atoms with Crippen molar-refractivity contribution in [3.05, 3.63) is 82.8 Å². The lowest BCUT2D eigenvalue weighted by Gasteiger charge is -2.11. The number of carbonyl (C=O) groups is 1. The lowest BCUT2D eigenvalue weighted by atomic mass is 10.2. The summed E-state index contributed by atoms with van der Waals surface area (Å²) >= 11 is 3.29.